The lowest BCUT2D eigenvalue weighted by Gasteiger charge is -2.15. The highest BCUT2D eigenvalue weighted by atomic mass is 19.3. The van der Waals surface area contributed by atoms with Crippen molar-refractivity contribution < 1.29 is 13.5 Å². The van der Waals surface area contributed by atoms with Gasteiger partial charge in [-0.25, -0.2) is 8.78 Å². The number of anilines is 1. The molecule has 0 radical (unpaired) electrons. The minimum atomic E-state index is -2.44. The second-order valence-corrected chi connectivity index (χ2v) is 4.99. The third-order valence-corrected chi connectivity index (χ3v) is 3.49. The first-order valence-corrected chi connectivity index (χ1v) is 6.78. The molecule has 2 rings (SSSR count). The second-order valence-electron chi connectivity index (χ2n) is 4.99. The van der Waals surface area contributed by atoms with Crippen LogP contribution in [0.3, 0.4) is 0 Å². The van der Waals surface area contributed by atoms with Crippen LogP contribution in [0.4, 0.5) is 14.5 Å². The predicted octanol–water partition coefficient (Wildman–Crippen LogP) is 4.86. The first-order valence-electron chi connectivity index (χ1n) is 6.78. The van der Waals surface area contributed by atoms with Crippen LogP contribution in [-0.2, 0) is 6.54 Å². The fraction of sp³-hybridized carbons (Fsp3) is 0.294. The zero-order valence-electron chi connectivity index (χ0n) is 12.4. The number of aryl methyl sites for hydroxylation is 1. The van der Waals surface area contributed by atoms with Crippen LogP contribution in [0, 0.1) is 13.8 Å². The van der Waals surface area contributed by atoms with E-state index >= 15 is 0 Å². The van der Waals surface area contributed by atoms with E-state index in [0.29, 0.717) is 6.54 Å². The summed E-state index contributed by atoms with van der Waals surface area (Å²) in [4.78, 5) is 0. The maximum atomic E-state index is 12.7. The highest BCUT2D eigenvalue weighted by molar-refractivity contribution is 5.59. The molecule has 0 amide bonds. The van der Waals surface area contributed by atoms with Crippen molar-refractivity contribution in [2.75, 3.05) is 12.4 Å². The maximum absolute atomic E-state index is 12.7. The van der Waals surface area contributed by atoms with Gasteiger partial charge in [-0.05, 0) is 37.1 Å². The van der Waals surface area contributed by atoms with Crippen molar-refractivity contribution in [3.8, 4) is 5.75 Å². The minimum absolute atomic E-state index is 0.0486. The monoisotopic (exact) mass is 291 g/mol. The molecule has 112 valence electrons. The van der Waals surface area contributed by atoms with Gasteiger partial charge in [0, 0.05) is 23.4 Å². The maximum Gasteiger partial charge on any atom is 0.263 e. The van der Waals surface area contributed by atoms with E-state index in [1.165, 1.54) is 12.1 Å². The van der Waals surface area contributed by atoms with Crippen molar-refractivity contribution in [1.82, 2.24) is 0 Å². The molecule has 0 saturated heterocycles. The van der Waals surface area contributed by atoms with Gasteiger partial charge in [-0.15, -0.1) is 0 Å². The zero-order chi connectivity index (χ0) is 15.4. The van der Waals surface area contributed by atoms with Crippen LogP contribution in [0.1, 0.15) is 28.7 Å². The molecule has 0 aromatic heterocycles. The van der Waals surface area contributed by atoms with Crippen LogP contribution in [-0.4, -0.2) is 7.11 Å². The number of rotatable bonds is 5. The Bertz CT molecular complexity index is 626. The number of halogens is 2. The summed E-state index contributed by atoms with van der Waals surface area (Å²) >= 11 is 0. The Labute approximate surface area is 123 Å². The molecule has 0 bridgehead atoms. The summed E-state index contributed by atoms with van der Waals surface area (Å²) < 4.78 is 30.7. The Morgan fingerprint density at radius 3 is 2.57 bits per heavy atom. The van der Waals surface area contributed by atoms with E-state index in [4.69, 9.17) is 4.74 Å². The molecular formula is C17H19F2NO. The predicted molar refractivity (Wildman–Crippen MR) is 81.2 cm³/mol. The molecule has 0 unspecified atom stereocenters. The summed E-state index contributed by atoms with van der Waals surface area (Å²) in [6.07, 6.45) is -2.44. The third-order valence-electron chi connectivity index (χ3n) is 3.49. The van der Waals surface area contributed by atoms with Crippen molar-refractivity contribution in [3.63, 3.8) is 0 Å². The fourth-order valence-corrected chi connectivity index (χ4v) is 2.37. The lowest BCUT2D eigenvalue weighted by molar-refractivity contribution is 0.151. The summed E-state index contributed by atoms with van der Waals surface area (Å²) in [5.41, 5.74) is 3.90. The lowest BCUT2D eigenvalue weighted by atomic mass is 10.1. The average Bonchev–Trinajstić information content (AvgIpc) is 2.47. The smallest absolute Gasteiger partial charge is 0.263 e. The molecule has 0 fully saturated rings. The van der Waals surface area contributed by atoms with Crippen LogP contribution in [0.5, 0.6) is 5.75 Å². The molecule has 0 saturated carbocycles. The van der Waals surface area contributed by atoms with Gasteiger partial charge < -0.3 is 10.1 Å². The first-order chi connectivity index (χ1) is 10.0. The van der Waals surface area contributed by atoms with Gasteiger partial charge in [0.15, 0.2) is 0 Å². The highest BCUT2D eigenvalue weighted by Crippen LogP contribution is 2.29. The van der Waals surface area contributed by atoms with Crippen LogP contribution >= 0.6 is 0 Å². The van der Waals surface area contributed by atoms with E-state index in [-0.39, 0.29) is 5.56 Å². The number of benzene rings is 2. The summed E-state index contributed by atoms with van der Waals surface area (Å²) in [6.45, 7) is 4.46. The molecule has 0 spiro atoms. The molecule has 4 heteroatoms. The summed E-state index contributed by atoms with van der Waals surface area (Å²) in [7, 11) is 1.64. The van der Waals surface area contributed by atoms with Gasteiger partial charge in [-0.3, -0.25) is 0 Å². The molecule has 2 aromatic carbocycles. The molecule has 21 heavy (non-hydrogen) atoms. The minimum Gasteiger partial charge on any atom is -0.496 e. The van der Waals surface area contributed by atoms with Crippen LogP contribution in [0.25, 0.3) is 0 Å². The normalized spacial score (nSPS) is 10.8. The van der Waals surface area contributed by atoms with Crippen LogP contribution in [0.15, 0.2) is 36.4 Å². The summed E-state index contributed by atoms with van der Waals surface area (Å²) in [5, 5.41) is 3.27. The average molecular weight is 291 g/mol. The van der Waals surface area contributed by atoms with E-state index in [0.717, 1.165) is 28.1 Å². The number of nitrogens with one attached hydrogen (secondary N) is 1. The Hall–Kier alpha value is -2.10. The fourth-order valence-electron chi connectivity index (χ4n) is 2.37. The zero-order valence-corrected chi connectivity index (χ0v) is 12.4. The molecule has 0 aliphatic carbocycles. The largest absolute Gasteiger partial charge is 0.496 e. The van der Waals surface area contributed by atoms with Gasteiger partial charge in [0.2, 0.25) is 0 Å². The van der Waals surface area contributed by atoms with Crippen molar-refractivity contribution in [1.29, 1.82) is 0 Å². The SMILES string of the molecule is COc1c(C)ccc(NCc2cccc(C(F)F)c2)c1C. The van der Waals surface area contributed by atoms with Gasteiger partial charge in [-0.1, -0.05) is 24.3 Å². The highest BCUT2D eigenvalue weighted by Gasteiger charge is 2.09. The number of ether oxygens (including phenoxy) is 1. The van der Waals surface area contributed by atoms with Gasteiger partial charge in [0.1, 0.15) is 5.75 Å². The second kappa shape index (κ2) is 6.57. The Morgan fingerprint density at radius 1 is 1.14 bits per heavy atom. The van der Waals surface area contributed by atoms with Gasteiger partial charge in [-0.2, -0.15) is 0 Å². The summed E-state index contributed by atoms with van der Waals surface area (Å²) in [5.74, 6) is 0.848. The van der Waals surface area contributed by atoms with Gasteiger partial charge >= 0.3 is 0 Å². The lowest BCUT2D eigenvalue weighted by Crippen LogP contribution is -2.03. The van der Waals surface area contributed by atoms with Crippen LogP contribution in [0.2, 0.25) is 0 Å². The topological polar surface area (TPSA) is 21.3 Å². The molecule has 2 aromatic rings. The number of methoxy groups -OCH3 is 1. The number of alkyl halides is 2. The van der Waals surface area contributed by atoms with Crippen molar-refractivity contribution in [2.45, 2.75) is 26.8 Å². The van der Waals surface area contributed by atoms with E-state index < -0.39 is 6.43 Å². The molecule has 2 nitrogen and oxygen atoms in total. The van der Waals surface area contributed by atoms with E-state index in [1.807, 2.05) is 32.0 Å². The van der Waals surface area contributed by atoms with Crippen molar-refractivity contribution in [3.05, 3.63) is 58.7 Å². The number of hydrogen-bond donors (Lipinski definition) is 1. The molecule has 0 aliphatic heterocycles. The standard InChI is InChI=1S/C17H19F2NO/c1-11-7-8-15(12(2)16(11)21-3)20-10-13-5-4-6-14(9-13)17(18)19/h4-9,17,20H,10H2,1-3H3. The molecular weight excluding hydrogens is 272 g/mol. The Morgan fingerprint density at radius 2 is 1.90 bits per heavy atom. The van der Waals surface area contributed by atoms with E-state index in [2.05, 4.69) is 5.32 Å². The summed E-state index contributed by atoms with van der Waals surface area (Å²) in [6, 6.07) is 10.4. The quantitative estimate of drug-likeness (QED) is 0.849. The molecule has 1 N–H and O–H groups in total. The molecule has 0 atom stereocenters. The van der Waals surface area contributed by atoms with Gasteiger partial charge in [0.25, 0.3) is 6.43 Å². The van der Waals surface area contributed by atoms with Crippen molar-refractivity contribution in [2.24, 2.45) is 0 Å². The Kier molecular flexibility index (Phi) is 4.78. The first kappa shape index (κ1) is 15.3. The number of hydrogen-bond acceptors (Lipinski definition) is 2. The van der Waals surface area contributed by atoms with E-state index in [1.54, 1.807) is 13.2 Å². The van der Waals surface area contributed by atoms with E-state index in [9.17, 15) is 8.78 Å². The molecule has 0 aliphatic rings. The third kappa shape index (κ3) is 3.51. The van der Waals surface area contributed by atoms with Gasteiger partial charge in [0.05, 0.1) is 7.11 Å². The molecule has 0 heterocycles. The van der Waals surface area contributed by atoms with Crippen LogP contribution < -0.4 is 10.1 Å². The van der Waals surface area contributed by atoms with Crippen molar-refractivity contribution >= 4 is 5.69 Å². The Balaban J connectivity index is 2.15.